The van der Waals surface area contributed by atoms with E-state index in [4.69, 9.17) is 4.98 Å². The Morgan fingerprint density at radius 3 is 3.09 bits per heavy atom. The second-order valence-corrected chi connectivity index (χ2v) is 5.75. The van der Waals surface area contributed by atoms with Crippen molar-refractivity contribution in [2.75, 3.05) is 11.9 Å². The summed E-state index contributed by atoms with van der Waals surface area (Å²) in [7, 11) is 0. The number of rotatable bonds is 3. The molecule has 0 spiro atoms. The largest absolute Gasteiger partial charge is 0.365 e. The molecular formula is C16H18N6. The Labute approximate surface area is 128 Å². The average Bonchev–Trinajstić information content (AvgIpc) is 3.14. The van der Waals surface area contributed by atoms with E-state index in [1.54, 1.807) is 12.4 Å². The van der Waals surface area contributed by atoms with Gasteiger partial charge in [-0.2, -0.15) is 0 Å². The number of nitrogens with zero attached hydrogens (tertiary/aromatic N) is 4. The highest BCUT2D eigenvalue weighted by Crippen LogP contribution is 2.20. The molecule has 3 aromatic rings. The first-order chi connectivity index (χ1) is 10.8. The van der Waals surface area contributed by atoms with Gasteiger partial charge in [-0.1, -0.05) is 6.07 Å². The number of hydrogen-bond donors (Lipinski definition) is 2. The molecule has 4 heterocycles. The van der Waals surface area contributed by atoms with Gasteiger partial charge in [0.05, 0.1) is 24.3 Å². The lowest BCUT2D eigenvalue weighted by Gasteiger charge is -2.12. The Morgan fingerprint density at radius 2 is 2.23 bits per heavy atom. The fraction of sp³-hybridized carbons (Fsp3) is 0.312. The van der Waals surface area contributed by atoms with Crippen LogP contribution in [0.4, 0.5) is 5.82 Å². The highest BCUT2D eigenvalue weighted by Gasteiger charge is 2.20. The maximum Gasteiger partial charge on any atom is 0.145 e. The van der Waals surface area contributed by atoms with Gasteiger partial charge in [-0.15, -0.1) is 0 Å². The minimum absolute atomic E-state index is 0.404. The number of aromatic nitrogens is 4. The highest BCUT2D eigenvalue weighted by atomic mass is 15.1. The van der Waals surface area contributed by atoms with Crippen molar-refractivity contribution in [3.05, 3.63) is 43.0 Å². The van der Waals surface area contributed by atoms with Crippen LogP contribution in [0.5, 0.6) is 0 Å². The Morgan fingerprint density at radius 1 is 1.27 bits per heavy atom. The van der Waals surface area contributed by atoms with E-state index >= 15 is 0 Å². The van der Waals surface area contributed by atoms with Gasteiger partial charge in [0.1, 0.15) is 17.2 Å². The summed E-state index contributed by atoms with van der Waals surface area (Å²) in [6.07, 6.45) is 8.47. The van der Waals surface area contributed by atoms with Gasteiger partial charge in [-0.3, -0.25) is 9.38 Å². The lowest BCUT2D eigenvalue weighted by atomic mass is 10.2. The number of hydrogen-bond acceptors (Lipinski definition) is 5. The second kappa shape index (κ2) is 5.38. The summed E-state index contributed by atoms with van der Waals surface area (Å²) in [5, 5.41) is 6.89. The molecule has 22 heavy (non-hydrogen) atoms. The van der Waals surface area contributed by atoms with Gasteiger partial charge in [0, 0.05) is 24.8 Å². The van der Waals surface area contributed by atoms with Crippen molar-refractivity contribution in [2.24, 2.45) is 0 Å². The van der Waals surface area contributed by atoms with Gasteiger partial charge in [0.25, 0.3) is 0 Å². The first-order valence-corrected chi connectivity index (χ1v) is 7.54. The maximum absolute atomic E-state index is 4.69. The molecule has 0 amide bonds. The first-order valence-electron chi connectivity index (χ1n) is 7.54. The fourth-order valence-electron chi connectivity index (χ4n) is 2.94. The van der Waals surface area contributed by atoms with Crippen LogP contribution in [0.25, 0.3) is 17.0 Å². The minimum Gasteiger partial charge on any atom is -0.365 e. The van der Waals surface area contributed by atoms with Crippen molar-refractivity contribution in [3.63, 3.8) is 0 Å². The molecule has 2 atom stereocenters. The topological polar surface area (TPSA) is 67.1 Å². The molecule has 0 bridgehead atoms. The molecule has 6 heteroatoms. The molecule has 4 rings (SSSR count). The SMILES string of the molecule is CC1CC(Nc2cncc(-c3cnc4ccccn34)n2)CN1. The van der Waals surface area contributed by atoms with Crippen LogP contribution in [-0.4, -0.2) is 38.0 Å². The zero-order valence-electron chi connectivity index (χ0n) is 12.4. The van der Waals surface area contributed by atoms with Crippen LogP contribution in [0.15, 0.2) is 43.0 Å². The number of anilines is 1. The van der Waals surface area contributed by atoms with Crippen molar-refractivity contribution in [1.29, 1.82) is 0 Å². The second-order valence-electron chi connectivity index (χ2n) is 5.75. The molecule has 0 saturated carbocycles. The van der Waals surface area contributed by atoms with E-state index in [-0.39, 0.29) is 0 Å². The lowest BCUT2D eigenvalue weighted by Crippen LogP contribution is -2.23. The Balaban J connectivity index is 1.64. The summed E-state index contributed by atoms with van der Waals surface area (Å²) in [6, 6.07) is 6.89. The highest BCUT2D eigenvalue weighted by molar-refractivity contribution is 5.60. The molecule has 2 N–H and O–H groups in total. The normalized spacial score (nSPS) is 21.3. The molecule has 0 aromatic carbocycles. The molecule has 0 aliphatic carbocycles. The van der Waals surface area contributed by atoms with E-state index in [1.165, 1.54) is 0 Å². The van der Waals surface area contributed by atoms with Crippen LogP contribution < -0.4 is 10.6 Å². The molecule has 112 valence electrons. The van der Waals surface area contributed by atoms with E-state index in [1.807, 2.05) is 35.0 Å². The smallest absolute Gasteiger partial charge is 0.145 e. The van der Waals surface area contributed by atoms with Gasteiger partial charge in [-0.25, -0.2) is 9.97 Å². The van der Waals surface area contributed by atoms with E-state index in [0.717, 1.165) is 35.8 Å². The molecule has 0 radical (unpaired) electrons. The zero-order valence-corrected chi connectivity index (χ0v) is 12.4. The number of imidazole rings is 1. The monoisotopic (exact) mass is 294 g/mol. The van der Waals surface area contributed by atoms with Crippen molar-refractivity contribution in [1.82, 2.24) is 24.7 Å². The molecule has 1 aliphatic rings. The minimum atomic E-state index is 0.404. The molecule has 1 saturated heterocycles. The number of pyridine rings is 1. The predicted molar refractivity (Wildman–Crippen MR) is 85.7 cm³/mol. The van der Waals surface area contributed by atoms with Crippen LogP contribution in [0.3, 0.4) is 0 Å². The van der Waals surface area contributed by atoms with Crippen molar-refractivity contribution in [3.8, 4) is 11.4 Å². The van der Waals surface area contributed by atoms with Crippen LogP contribution in [0.2, 0.25) is 0 Å². The van der Waals surface area contributed by atoms with Gasteiger partial charge in [-0.05, 0) is 25.5 Å². The van der Waals surface area contributed by atoms with E-state index < -0.39 is 0 Å². The van der Waals surface area contributed by atoms with Crippen LogP contribution in [-0.2, 0) is 0 Å². The summed E-state index contributed by atoms with van der Waals surface area (Å²) in [6.45, 7) is 3.16. The predicted octanol–water partition coefficient (Wildman–Crippen LogP) is 1.95. The zero-order chi connectivity index (χ0) is 14.9. The summed E-state index contributed by atoms with van der Waals surface area (Å²) < 4.78 is 2.02. The van der Waals surface area contributed by atoms with Crippen LogP contribution in [0.1, 0.15) is 13.3 Å². The fourth-order valence-corrected chi connectivity index (χ4v) is 2.94. The van der Waals surface area contributed by atoms with Crippen molar-refractivity contribution >= 4 is 11.5 Å². The molecule has 1 fully saturated rings. The van der Waals surface area contributed by atoms with Crippen LogP contribution >= 0.6 is 0 Å². The summed E-state index contributed by atoms with van der Waals surface area (Å²) >= 11 is 0. The quantitative estimate of drug-likeness (QED) is 0.773. The van der Waals surface area contributed by atoms with Crippen molar-refractivity contribution in [2.45, 2.75) is 25.4 Å². The average molecular weight is 294 g/mol. The Kier molecular flexibility index (Phi) is 3.23. The van der Waals surface area contributed by atoms with Crippen LogP contribution in [0, 0.1) is 0 Å². The van der Waals surface area contributed by atoms with Gasteiger partial charge in [0.2, 0.25) is 0 Å². The molecule has 2 unspecified atom stereocenters. The standard InChI is InChI=1S/C16H18N6/c1-11-6-12(7-18-11)20-15-10-17-8-13(21-15)14-9-19-16-4-2-3-5-22(14)16/h2-5,8-12,18H,6-7H2,1H3,(H,20,21). The third kappa shape index (κ3) is 2.42. The third-order valence-electron chi connectivity index (χ3n) is 4.02. The third-order valence-corrected chi connectivity index (χ3v) is 4.02. The van der Waals surface area contributed by atoms with Crippen molar-refractivity contribution < 1.29 is 0 Å². The first kappa shape index (κ1) is 13.2. The Hall–Kier alpha value is -2.47. The Bertz CT molecular complexity index is 796. The van der Waals surface area contributed by atoms with E-state index in [2.05, 4.69) is 27.5 Å². The van der Waals surface area contributed by atoms with Gasteiger partial charge in [0.15, 0.2) is 0 Å². The summed E-state index contributed by atoms with van der Waals surface area (Å²) in [5.41, 5.74) is 2.68. The lowest BCUT2D eigenvalue weighted by molar-refractivity contribution is 0.661. The number of fused-ring (bicyclic) bond motifs is 1. The number of nitrogens with one attached hydrogen (secondary N) is 2. The molecule has 3 aromatic heterocycles. The van der Waals surface area contributed by atoms with E-state index in [0.29, 0.717) is 12.1 Å². The van der Waals surface area contributed by atoms with Gasteiger partial charge < -0.3 is 10.6 Å². The summed E-state index contributed by atoms with van der Waals surface area (Å²) in [5.74, 6) is 0.810. The van der Waals surface area contributed by atoms with E-state index in [9.17, 15) is 0 Å². The maximum atomic E-state index is 4.69. The summed E-state index contributed by atoms with van der Waals surface area (Å²) in [4.78, 5) is 13.4. The molecule has 1 aliphatic heterocycles. The van der Waals surface area contributed by atoms with Gasteiger partial charge >= 0.3 is 0 Å². The molecular weight excluding hydrogens is 276 g/mol. The molecule has 6 nitrogen and oxygen atoms in total.